The van der Waals surface area contributed by atoms with Crippen LogP contribution in [0.3, 0.4) is 0 Å². The van der Waals surface area contributed by atoms with Crippen molar-refractivity contribution in [2.75, 3.05) is 6.61 Å². The fourth-order valence-corrected chi connectivity index (χ4v) is 2.37. The Balaban J connectivity index is 1.85. The fraction of sp³-hybridized carbons (Fsp3) is 0.875. The molecular formula is C8H12O2. The Bertz CT molecular complexity index is 158. The zero-order valence-electron chi connectivity index (χ0n) is 5.97. The van der Waals surface area contributed by atoms with Gasteiger partial charge in [-0.2, -0.15) is 0 Å². The van der Waals surface area contributed by atoms with Crippen LogP contribution in [0.2, 0.25) is 0 Å². The molecule has 0 aromatic rings. The van der Waals surface area contributed by atoms with Gasteiger partial charge >= 0.3 is 0 Å². The Morgan fingerprint density at radius 3 is 2.50 bits per heavy atom. The molecule has 0 aliphatic heterocycles. The first-order valence-corrected chi connectivity index (χ1v) is 3.87. The van der Waals surface area contributed by atoms with Gasteiger partial charge in [0, 0.05) is 19.4 Å². The molecule has 0 bridgehead atoms. The van der Waals surface area contributed by atoms with Crippen molar-refractivity contribution >= 4 is 5.78 Å². The highest BCUT2D eigenvalue weighted by Gasteiger charge is 2.51. The fourth-order valence-electron chi connectivity index (χ4n) is 2.37. The largest absolute Gasteiger partial charge is 0.396 e. The highest BCUT2D eigenvalue weighted by Crippen LogP contribution is 2.56. The molecule has 10 heavy (non-hydrogen) atoms. The molecule has 0 saturated heterocycles. The Hall–Kier alpha value is -0.370. The standard InChI is InChI=1S/C8H12O2/c9-5-6-1-8(2-6)3-7(10)4-8/h6,9H,1-5H2. The van der Waals surface area contributed by atoms with Crippen LogP contribution in [0.15, 0.2) is 0 Å². The van der Waals surface area contributed by atoms with E-state index in [-0.39, 0.29) is 0 Å². The van der Waals surface area contributed by atoms with Gasteiger partial charge in [0.05, 0.1) is 0 Å². The van der Waals surface area contributed by atoms with Gasteiger partial charge in [0.1, 0.15) is 5.78 Å². The maximum Gasteiger partial charge on any atom is 0.134 e. The molecule has 2 aliphatic rings. The third-order valence-electron chi connectivity index (χ3n) is 2.85. The van der Waals surface area contributed by atoms with Gasteiger partial charge in [-0.1, -0.05) is 0 Å². The molecule has 0 aromatic heterocycles. The van der Waals surface area contributed by atoms with Gasteiger partial charge in [0.25, 0.3) is 0 Å². The zero-order valence-corrected chi connectivity index (χ0v) is 5.97. The van der Waals surface area contributed by atoms with Gasteiger partial charge in [-0.25, -0.2) is 0 Å². The van der Waals surface area contributed by atoms with E-state index in [2.05, 4.69) is 0 Å². The molecule has 2 nitrogen and oxygen atoms in total. The van der Waals surface area contributed by atoms with Crippen molar-refractivity contribution in [2.24, 2.45) is 11.3 Å². The van der Waals surface area contributed by atoms with Crippen molar-refractivity contribution in [3.05, 3.63) is 0 Å². The molecule has 1 spiro atoms. The van der Waals surface area contributed by atoms with E-state index in [0.717, 1.165) is 25.7 Å². The van der Waals surface area contributed by atoms with Gasteiger partial charge in [-0.3, -0.25) is 4.79 Å². The van der Waals surface area contributed by atoms with E-state index in [1.165, 1.54) is 0 Å². The minimum Gasteiger partial charge on any atom is -0.396 e. The van der Waals surface area contributed by atoms with Crippen LogP contribution in [-0.4, -0.2) is 17.5 Å². The molecule has 0 heterocycles. The maximum absolute atomic E-state index is 10.6. The first-order valence-electron chi connectivity index (χ1n) is 3.87. The molecule has 0 atom stereocenters. The Labute approximate surface area is 60.2 Å². The van der Waals surface area contributed by atoms with Gasteiger partial charge in [-0.05, 0) is 24.2 Å². The average molecular weight is 140 g/mol. The van der Waals surface area contributed by atoms with E-state index in [9.17, 15) is 4.79 Å². The highest BCUT2D eigenvalue weighted by atomic mass is 16.3. The summed E-state index contributed by atoms with van der Waals surface area (Å²) in [4.78, 5) is 10.6. The molecule has 2 aliphatic carbocycles. The van der Waals surface area contributed by atoms with E-state index in [1.807, 2.05) is 0 Å². The monoisotopic (exact) mass is 140 g/mol. The summed E-state index contributed by atoms with van der Waals surface area (Å²) in [6, 6.07) is 0. The molecule has 0 unspecified atom stereocenters. The summed E-state index contributed by atoms with van der Waals surface area (Å²) in [6.45, 7) is 0.315. The molecule has 56 valence electrons. The van der Waals surface area contributed by atoms with Crippen molar-refractivity contribution in [2.45, 2.75) is 25.7 Å². The lowest BCUT2D eigenvalue weighted by Crippen LogP contribution is -2.48. The van der Waals surface area contributed by atoms with E-state index < -0.39 is 0 Å². The average Bonchev–Trinajstić information content (AvgIpc) is 1.74. The minimum atomic E-state index is 0.315. The normalized spacial score (nSPS) is 29.9. The second-order valence-electron chi connectivity index (χ2n) is 3.85. The molecule has 2 heteroatoms. The number of hydrogen-bond donors (Lipinski definition) is 1. The van der Waals surface area contributed by atoms with Crippen molar-refractivity contribution in [1.29, 1.82) is 0 Å². The second kappa shape index (κ2) is 1.82. The van der Waals surface area contributed by atoms with Crippen molar-refractivity contribution < 1.29 is 9.90 Å². The smallest absolute Gasteiger partial charge is 0.134 e. The molecule has 0 radical (unpaired) electrons. The number of rotatable bonds is 1. The number of ketones is 1. The summed E-state index contributed by atoms with van der Waals surface area (Å²) in [5.41, 5.74) is 0.379. The van der Waals surface area contributed by atoms with Crippen LogP contribution >= 0.6 is 0 Å². The zero-order chi connectivity index (χ0) is 7.19. The second-order valence-corrected chi connectivity index (χ2v) is 3.85. The molecule has 0 aromatic carbocycles. The Kier molecular flexibility index (Phi) is 1.15. The Morgan fingerprint density at radius 1 is 1.50 bits per heavy atom. The molecule has 0 amide bonds. The molecule has 2 rings (SSSR count). The lowest BCUT2D eigenvalue weighted by Gasteiger charge is -2.52. The van der Waals surface area contributed by atoms with E-state index in [1.54, 1.807) is 0 Å². The third-order valence-corrected chi connectivity index (χ3v) is 2.85. The summed E-state index contributed by atoms with van der Waals surface area (Å²) in [5, 5.41) is 8.72. The van der Waals surface area contributed by atoms with Crippen molar-refractivity contribution in [1.82, 2.24) is 0 Å². The van der Waals surface area contributed by atoms with Crippen molar-refractivity contribution in [3.8, 4) is 0 Å². The topological polar surface area (TPSA) is 37.3 Å². The lowest BCUT2D eigenvalue weighted by atomic mass is 9.51. The summed E-state index contributed by atoms with van der Waals surface area (Å²) >= 11 is 0. The predicted molar refractivity (Wildman–Crippen MR) is 36.5 cm³/mol. The van der Waals surface area contributed by atoms with Crippen LogP contribution in [-0.2, 0) is 4.79 Å². The van der Waals surface area contributed by atoms with Gasteiger partial charge in [-0.15, -0.1) is 0 Å². The number of Topliss-reactive ketones (excluding diaryl/α,β-unsaturated/α-hetero) is 1. The maximum atomic E-state index is 10.6. The number of aliphatic hydroxyl groups is 1. The van der Waals surface area contributed by atoms with E-state index in [0.29, 0.717) is 23.7 Å². The quantitative estimate of drug-likeness (QED) is 0.583. The van der Waals surface area contributed by atoms with Crippen LogP contribution in [0, 0.1) is 11.3 Å². The van der Waals surface area contributed by atoms with E-state index in [4.69, 9.17) is 5.11 Å². The number of hydrogen-bond acceptors (Lipinski definition) is 2. The predicted octanol–water partition coefficient (Wildman–Crippen LogP) is 0.738. The van der Waals surface area contributed by atoms with Crippen LogP contribution in [0.25, 0.3) is 0 Å². The molecule has 2 saturated carbocycles. The summed E-state index contributed by atoms with van der Waals surface area (Å²) in [6.07, 6.45) is 3.78. The summed E-state index contributed by atoms with van der Waals surface area (Å²) < 4.78 is 0. The van der Waals surface area contributed by atoms with Gasteiger partial charge < -0.3 is 5.11 Å². The number of carbonyl (C=O) groups excluding carboxylic acids is 1. The van der Waals surface area contributed by atoms with Gasteiger partial charge in [0.2, 0.25) is 0 Å². The van der Waals surface area contributed by atoms with Crippen LogP contribution in [0.5, 0.6) is 0 Å². The SMILES string of the molecule is O=C1CC2(C1)CC(CO)C2. The van der Waals surface area contributed by atoms with Crippen LogP contribution in [0.1, 0.15) is 25.7 Å². The lowest BCUT2D eigenvalue weighted by molar-refractivity contribution is -0.143. The summed E-state index contributed by atoms with van der Waals surface area (Å²) in [7, 11) is 0. The van der Waals surface area contributed by atoms with E-state index >= 15 is 0 Å². The molecular weight excluding hydrogens is 128 g/mol. The van der Waals surface area contributed by atoms with Crippen LogP contribution in [0.4, 0.5) is 0 Å². The summed E-state index contributed by atoms with van der Waals surface area (Å²) in [5.74, 6) is 0.921. The minimum absolute atomic E-state index is 0.315. The first-order chi connectivity index (χ1) is 4.74. The number of carbonyl (C=O) groups is 1. The van der Waals surface area contributed by atoms with Crippen molar-refractivity contribution in [3.63, 3.8) is 0 Å². The highest BCUT2D eigenvalue weighted by molar-refractivity contribution is 5.86. The van der Waals surface area contributed by atoms with Gasteiger partial charge in [0.15, 0.2) is 0 Å². The first kappa shape index (κ1) is 6.35. The molecule has 2 fully saturated rings. The third kappa shape index (κ3) is 0.717. The van der Waals surface area contributed by atoms with Crippen LogP contribution < -0.4 is 0 Å². The Morgan fingerprint density at radius 2 is 2.10 bits per heavy atom. The molecule has 1 N–H and O–H groups in total. The number of aliphatic hydroxyl groups excluding tert-OH is 1.